The summed E-state index contributed by atoms with van der Waals surface area (Å²) in [5.74, 6) is -0.212. The zero-order valence-corrected chi connectivity index (χ0v) is 16.8. The fraction of sp³-hybridized carbons (Fsp3) is 0.421. The van der Waals surface area contributed by atoms with E-state index in [-0.39, 0.29) is 10.8 Å². The molecular weight excluding hydrogens is 368 g/mol. The van der Waals surface area contributed by atoms with Gasteiger partial charge in [-0.1, -0.05) is 18.9 Å². The van der Waals surface area contributed by atoms with Gasteiger partial charge in [-0.25, -0.2) is 8.42 Å². The van der Waals surface area contributed by atoms with Crippen molar-refractivity contribution in [3.05, 3.63) is 45.6 Å². The number of hydrogen-bond acceptors (Lipinski definition) is 4. The maximum Gasteiger partial charge on any atom is 0.256 e. The Hall–Kier alpha value is -1.70. The Bertz CT molecular complexity index is 895. The van der Waals surface area contributed by atoms with Gasteiger partial charge in [-0.15, -0.1) is 11.3 Å². The van der Waals surface area contributed by atoms with Gasteiger partial charge < -0.3 is 5.32 Å². The van der Waals surface area contributed by atoms with E-state index in [0.717, 1.165) is 35.4 Å². The van der Waals surface area contributed by atoms with Crippen LogP contribution in [0.2, 0.25) is 0 Å². The number of rotatable bonds is 4. The van der Waals surface area contributed by atoms with E-state index in [1.54, 1.807) is 39.9 Å². The molecule has 0 aliphatic carbocycles. The van der Waals surface area contributed by atoms with E-state index >= 15 is 0 Å². The van der Waals surface area contributed by atoms with E-state index in [1.165, 1.54) is 0 Å². The Morgan fingerprint density at radius 2 is 1.77 bits per heavy atom. The Kier molecular flexibility index (Phi) is 5.79. The van der Waals surface area contributed by atoms with Crippen molar-refractivity contribution in [3.8, 4) is 0 Å². The van der Waals surface area contributed by atoms with Crippen LogP contribution in [-0.2, 0) is 10.0 Å². The third-order valence-corrected chi connectivity index (χ3v) is 7.44. The summed E-state index contributed by atoms with van der Waals surface area (Å²) in [6.45, 7) is 4.99. The Morgan fingerprint density at radius 3 is 2.38 bits per heavy atom. The van der Waals surface area contributed by atoms with Crippen LogP contribution in [-0.4, -0.2) is 31.7 Å². The lowest BCUT2D eigenvalue weighted by molar-refractivity contribution is 0.102. The van der Waals surface area contributed by atoms with Crippen molar-refractivity contribution >= 4 is 33.0 Å². The van der Waals surface area contributed by atoms with E-state index in [2.05, 4.69) is 5.32 Å². The highest BCUT2D eigenvalue weighted by Gasteiger charge is 2.25. The third-order valence-electron chi connectivity index (χ3n) is 4.58. The van der Waals surface area contributed by atoms with Crippen LogP contribution in [0.1, 0.15) is 45.8 Å². The van der Waals surface area contributed by atoms with Gasteiger partial charge in [0, 0.05) is 28.5 Å². The van der Waals surface area contributed by atoms with Crippen LogP contribution in [0.3, 0.4) is 0 Å². The number of amides is 1. The molecule has 1 aliphatic heterocycles. The number of nitrogens with zero attached hydrogens (tertiary/aromatic N) is 1. The maximum atomic E-state index is 12.9. The van der Waals surface area contributed by atoms with Gasteiger partial charge in [-0.2, -0.15) is 4.31 Å². The molecule has 0 unspecified atom stereocenters. The molecule has 1 amide bonds. The molecule has 26 heavy (non-hydrogen) atoms. The fourth-order valence-electron chi connectivity index (χ4n) is 3.22. The molecule has 1 aromatic heterocycles. The second-order valence-corrected chi connectivity index (χ2v) is 10.0. The summed E-state index contributed by atoms with van der Waals surface area (Å²) in [6, 6.07) is 8.38. The number of aryl methyl sites for hydroxylation is 2. The average Bonchev–Trinajstić information content (AvgIpc) is 2.80. The lowest BCUT2D eigenvalue weighted by Gasteiger charge is -2.20. The number of benzene rings is 1. The predicted octanol–water partition coefficient (Wildman–Crippen LogP) is 4.18. The van der Waals surface area contributed by atoms with E-state index in [1.807, 2.05) is 19.9 Å². The predicted molar refractivity (Wildman–Crippen MR) is 105 cm³/mol. The van der Waals surface area contributed by atoms with Crippen LogP contribution >= 0.6 is 11.3 Å². The van der Waals surface area contributed by atoms with Gasteiger partial charge in [0.15, 0.2) is 0 Å². The van der Waals surface area contributed by atoms with Crippen molar-refractivity contribution in [3.63, 3.8) is 0 Å². The Balaban J connectivity index is 1.81. The standard InChI is InChI=1S/C19H24N2O3S2/c1-14-12-18(15(2)25-14)19(22)20-16-8-7-9-17(13-16)26(23,24)21-10-5-3-4-6-11-21/h7-9,12-13H,3-6,10-11H2,1-2H3,(H,20,22). The minimum atomic E-state index is -3.53. The number of hydrogen-bond donors (Lipinski definition) is 1. The number of anilines is 1. The van der Waals surface area contributed by atoms with Gasteiger partial charge in [0.05, 0.1) is 10.5 Å². The van der Waals surface area contributed by atoms with E-state index in [4.69, 9.17) is 0 Å². The summed E-state index contributed by atoms with van der Waals surface area (Å²) in [5, 5.41) is 2.82. The molecule has 2 heterocycles. The van der Waals surface area contributed by atoms with Crippen molar-refractivity contribution in [1.82, 2.24) is 4.31 Å². The molecule has 1 N–H and O–H groups in total. The largest absolute Gasteiger partial charge is 0.322 e. The van der Waals surface area contributed by atoms with Crippen LogP contribution in [0, 0.1) is 13.8 Å². The third kappa shape index (κ3) is 4.16. The first-order valence-electron chi connectivity index (χ1n) is 8.86. The topological polar surface area (TPSA) is 66.5 Å². The molecule has 1 saturated heterocycles. The molecule has 0 saturated carbocycles. The van der Waals surface area contributed by atoms with E-state index < -0.39 is 10.0 Å². The van der Waals surface area contributed by atoms with Gasteiger partial charge >= 0.3 is 0 Å². The summed E-state index contributed by atoms with van der Waals surface area (Å²) >= 11 is 1.57. The normalized spacial score (nSPS) is 16.2. The van der Waals surface area contributed by atoms with Gasteiger partial charge in [-0.05, 0) is 51.0 Å². The molecule has 1 aliphatic rings. The van der Waals surface area contributed by atoms with Crippen molar-refractivity contribution in [2.24, 2.45) is 0 Å². The quantitative estimate of drug-likeness (QED) is 0.849. The number of carbonyl (C=O) groups is 1. The zero-order valence-electron chi connectivity index (χ0n) is 15.1. The Labute approximate surface area is 159 Å². The fourth-order valence-corrected chi connectivity index (χ4v) is 5.70. The van der Waals surface area contributed by atoms with Crippen LogP contribution in [0.5, 0.6) is 0 Å². The smallest absolute Gasteiger partial charge is 0.256 e. The van der Waals surface area contributed by atoms with Crippen molar-refractivity contribution in [2.75, 3.05) is 18.4 Å². The van der Waals surface area contributed by atoms with E-state index in [0.29, 0.717) is 24.3 Å². The summed E-state index contributed by atoms with van der Waals surface area (Å²) in [7, 11) is -3.53. The molecule has 1 aromatic carbocycles. The van der Waals surface area contributed by atoms with Crippen LogP contribution in [0.15, 0.2) is 35.2 Å². The van der Waals surface area contributed by atoms with Crippen LogP contribution < -0.4 is 5.32 Å². The van der Waals surface area contributed by atoms with Gasteiger partial charge in [0.1, 0.15) is 0 Å². The van der Waals surface area contributed by atoms with Crippen LogP contribution in [0.4, 0.5) is 5.69 Å². The van der Waals surface area contributed by atoms with Crippen molar-refractivity contribution in [2.45, 2.75) is 44.4 Å². The first kappa shape index (κ1) is 19.1. The van der Waals surface area contributed by atoms with Gasteiger partial charge in [0.2, 0.25) is 10.0 Å². The number of thiophene rings is 1. The highest BCUT2D eigenvalue weighted by atomic mass is 32.2. The highest BCUT2D eigenvalue weighted by Crippen LogP contribution is 2.25. The van der Waals surface area contributed by atoms with Gasteiger partial charge in [-0.3, -0.25) is 4.79 Å². The molecule has 0 spiro atoms. The Morgan fingerprint density at radius 1 is 1.08 bits per heavy atom. The first-order chi connectivity index (χ1) is 12.4. The van der Waals surface area contributed by atoms with E-state index in [9.17, 15) is 13.2 Å². The molecule has 1 fully saturated rings. The summed E-state index contributed by atoms with van der Waals surface area (Å²) in [6.07, 6.45) is 3.93. The van der Waals surface area contributed by atoms with Crippen molar-refractivity contribution in [1.29, 1.82) is 0 Å². The summed E-state index contributed by atoms with van der Waals surface area (Å²) < 4.78 is 27.4. The number of nitrogens with one attached hydrogen (secondary N) is 1. The molecule has 0 atom stereocenters. The van der Waals surface area contributed by atoms with Crippen LogP contribution in [0.25, 0.3) is 0 Å². The lowest BCUT2D eigenvalue weighted by Crippen LogP contribution is -2.32. The minimum Gasteiger partial charge on any atom is -0.322 e. The first-order valence-corrected chi connectivity index (χ1v) is 11.1. The SMILES string of the molecule is Cc1cc(C(=O)Nc2cccc(S(=O)(=O)N3CCCCCC3)c2)c(C)s1. The molecule has 5 nitrogen and oxygen atoms in total. The second kappa shape index (κ2) is 7.90. The molecule has 140 valence electrons. The molecule has 2 aromatic rings. The number of sulfonamides is 1. The minimum absolute atomic E-state index is 0.212. The van der Waals surface area contributed by atoms with Gasteiger partial charge in [0.25, 0.3) is 5.91 Å². The summed E-state index contributed by atoms with van der Waals surface area (Å²) in [4.78, 5) is 14.8. The molecule has 0 radical (unpaired) electrons. The summed E-state index contributed by atoms with van der Waals surface area (Å²) in [5.41, 5.74) is 1.13. The monoisotopic (exact) mass is 392 g/mol. The lowest BCUT2D eigenvalue weighted by atomic mass is 10.2. The number of carbonyl (C=O) groups excluding carboxylic acids is 1. The van der Waals surface area contributed by atoms with Crippen molar-refractivity contribution < 1.29 is 13.2 Å². The second-order valence-electron chi connectivity index (χ2n) is 6.63. The molecular formula is C19H24N2O3S2. The average molecular weight is 393 g/mol. The maximum absolute atomic E-state index is 12.9. The molecule has 7 heteroatoms. The molecule has 3 rings (SSSR count). The zero-order chi connectivity index (χ0) is 18.7. The molecule has 0 bridgehead atoms. The highest BCUT2D eigenvalue weighted by molar-refractivity contribution is 7.89.